The standard InChI is InChI=1S/3C20H15N5O/c1-3-9-22-17(5-1)20(18-6-2-4-10-23-18)8-7-14-15(11-20)24-25-19(14)16-12-21-13-26-16;1-3-9-21-17(5-1)20(18-6-2-4-10-22-18)8-7-14-15(11-20)24-25-19(14)16-12-26-13-23-16;1-3-9-21-16(5-1)20(17-6-2-4-10-22-17)8-7-14-15(13-20)24-25-18(14)19-23-11-12-26-19/h2*1-10,12-13H,11H2,(H,24,25);1-12H,13H2,(H,24,25). The highest BCUT2D eigenvalue weighted by Gasteiger charge is 2.42. The molecule has 12 aromatic rings. The molecule has 3 N–H and O–H groups in total. The van der Waals surface area contributed by atoms with Crippen LogP contribution in [0.5, 0.6) is 0 Å². The summed E-state index contributed by atoms with van der Waals surface area (Å²) < 4.78 is 15.9. The van der Waals surface area contributed by atoms with E-state index in [9.17, 15) is 0 Å². The Bertz CT molecular complexity index is 3460. The Morgan fingerprint density at radius 3 is 1.17 bits per heavy atom. The van der Waals surface area contributed by atoms with Crippen LogP contribution in [0.4, 0.5) is 0 Å². The summed E-state index contributed by atoms with van der Waals surface area (Å²) in [7, 11) is 0. The number of oxazole rings is 3. The normalized spacial score (nSPS) is 14.9. The number of hydrogen-bond acceptors (Lipinski definition) is 15. The van der Waals surface area contributed by atoms with E-state index in [1.165, 1.54) is 12.8 Å². The number of allylic oxidation sites excluding steroid dienone is 3. The van der Waals surface area contributed by atoms with E-state index in [0.717, 1.165) is 90.7 Å². The van der Waals surface area contributed by atoms with Crippen LogP contribution < -0.4 is 0 Å². The summed E-state index contributed by atoms with van der Waals surface area (Å²) in [6.07, 6.45) is 34.9. The summed E-state index contributed by atoms with van der Waals surface area (Å²) in [6, 6.07) is 35.8. The van der Waals surface area contributed by atoms with Gasteiger partial charge in [0.1, 0.15) is 29.6 Å². The van der Waals surface area contributed by atoms with E-state index in [1.807, 2.05) is 146 Å². The molecular formula is C60H45N15O3. The molecule has 3 aliphatic carbocycles. The van der Waals surface area contributed by atoms with Crippen molar-refractivity contribution in [2.75, 3.05) is 0 Å². The quantitative estimate of drug-likeness (QED) is 0.122. The van der Waals surface area contributed by atoms with E-state index in [2.05, 4.69) is 112 Å². The number of hydrogen-bond donors (Lipinski definition) is 3. The molecular weight excluding hydrogens is 979 g/mol. The van der Waals surface area contributed by atoms with Gasteiger partial charge in [0.25, 0.3) is 0 Å². The Kier molecular flexibility index (Phi) is 12.2. The first-order chi connectivity index (χ1) is 38.6. The maximum absolute atomic E-state index is 5.41. The Hall–Kier alpha value is -10.6. The summed E-state index contributed by atoms with van der Waals surface area (Å²) in [5.41, 5.74) is 13.5. The van der Waals surface area contributed by atoms with Crippen molar-refractivity contribution in [3.05, 3.63) is 270 Å². The van der Waals surface area contributed by atoms with Gasteiger partial charge in [-0.05, 0) is 72.8 Å². The van der Waals surface area contributed by atoms with Gasteiger partial charge in [-0.25, -0.2) is 15.0 Å². The van der Waals surface area contributed by atoms with Crippen molar-refractivity contribution in [1.29, 1.82) is 0 Å². The van der Waals surface area contributed by atoms with Crippen LogP contribution in [-0.4, -0.2) is 75.4 Å². The molecule has 0 amide bonds. The van der Waals surface area contributed by atoms with Gasteiger partial charge in [0, 0.05) is 90.2 Å². The lowest BCUT2D eigenvalue weighted by molar-refractivity contribution is 0.558. The maximum atomic E-state index is 5.41. The second-order valence-corrected chi connectivity index (χ2v) is 18.7. The molecule has 0 fully saturated rings. The fourth-order valence-corrected chi connectivity index (χ4v) is 10.6. The van der Waals surface area contributed by atoms with Crippen LogP contribution in [-0.2, 0) is 35.5 Å². The zero-order chi connectivity index (χ0) is 52.2. The minimum absolute atomic E-state index is 0.441. The van der Waals surface area contributed by atoms with Gasteiger partial charge in [-0.1, -0.05) is 72.9 Å². The lowest BCUT2D eigenvalue weighted by Gasteiger charge is -2.32. The highest BCUT2D eigenvalue weighted by atomic mass is 16.3. The number of pyridine rings is 6. The fraction of sp³-hybridized carbons (Fsp3) is 0.100. The average Bonchev–Trinajstić information content (AvgIpc) is 4.44. The number of nitrogens with one attached hydrogen (secondary N) is 3. The first-order valence-electron chi connectivity index (χ1n) is 25.1. The van der Waals surface area contributed by atoms with Crippen molar-refractivity contribution in [2.45, 2.75) is 35.5 Å². The topological polar surface area (TPSA) is 241 Å². The molecule has 0 aliphatic heterocycles. The number of H-pyrrole nitrogens is 3. The first-order valence-corrected chi connectivity index (χ1v) is 25.1. The Morgan fingerprint density at radius 1 is 0.397 bits per heavy atom. The fourth-order valence-electron chi connectivity index (χ4n) is 10.6. The van der Waals surface area contributed by atoms with Crippen LogP contribution in [0, 0.1) is 0 Å². The highest BCUT2D eigenvalue weighted by molar-refractivity contribution is 5.76. The molecule has 0 saturated carbocycles. The predicted molar refractivity (Wildman–Crippen MR) is 288 cm³/mol. The molecule has 78 heavy (non-hydrogen) atoms. The van der Waals surface area contributed by atoms with Gasteiger partial charge in [-0.15, -0.1) is 0 Å². The van der Waals surface area contributed by atoms with Crippen LogP contribution in [0.25, 0.3) is 52.7 Å². The van der Waals surface area contributed by atoms with Crippen LogP contribution in [0.3, 0.4) is 0 Å². The lowest BCUT2D eigenvalue weighted by Crippen LogP contribution is -2.32. The van der Waals surface area contributed by atoms with E-state index in [-0.39, 0.29) is 0 Å². The van der Waals surface area contributed by atoms with E-state index in [4.69, 9.17) is 13.3 Å². The van der Waals surface area contributed by atoms with Crippen molar-refractivity contribution in [3.8, 4) is 34.4 Å². The number of fused-ring (bicyclic) bond motifs is 3. The molecule has 0 atom stereocenters. The molecule has 0 aromatic carbocycles. The molecule has 0 radical (unpaired) electrons. The molecule has 0 bridgehead atoms. The van der Waals surface area contributed by atoms with Gasteiger partial charge in [0.2, 0.25) is 5.89 Å². The van der Waals surface area contributed by atoms with Gasteiger partial charge in [-0.2, -0.15) is 15.3 Å². The number of nitrogens with zero attached hydrogens (tertiary/aromatic N) is 12. The number of aromatic amines is 3. The molecule has 3 aliphatic rings. The summed E-state index contributed by atoms with van der Waals surface area (Å²) in [5.74, 6) is 1.16. The lowest BCUT2D eigenvalue weighted by atomic mass is 9.72. The van der Waals surface area contributed by atoms with E-state index in [1.54, 1.807) is 24.9 Å². The summed E-state index contributed by atoms with van der Waals surface area (Å²) >= 11 is 0. The van der Waals surface area contributed by atoms with E-state index >= 15 is 0 Å². The molecule has 15 rings (SSSR count). The Morgan fingerprint density at radius 2 is 0.808 bits per heavy atom. The molecule has 12 heterocycles. The molecule has 0 unspecified atom stereocenters. The van der Waals surface area contributed by atoms with E-state index < -0.39 is 16.2 Å². The highest BCUT2D eigenvalue weighted by Crippen LogP contribution is 2.44. The summed E-state index contributed by atoms with van der Waals surface area (Å²) in [6.45, 7) is 0. The molecule has 0 saturated heterocycles. The minimum atomic E-state index is -0.448. The summed E-state index contributed by atoms with van der Waals surface area (Å²) in [5, 5.41) is 22.8. The molecule has 12 aromatic heterocycles. The van der Waals surface area contributed by atoms with Crippen LogP contribution >= 0.6 is 0 Å². The van der Waals surface area contributed by atoms with Crippen molar-refractivity contribution < 1.29 is 13.3 Å². The third-order valence-electron chi connectivity index (χ3n) is 14.3. The smallest absolute Gasteiger partial charge is 0.247 e. The van der Waals surface area contributed by atoms with Crippen molar-refractivity contribution in [3.63, 3.8) is 0 Å². The van der Waals surface area contributed by atoms with Crippen LogP contribution in [0.2, 0.25) is 0 Å². The second-order valence-electron chi connectivity index (χ2n) is 18.7. The van der Waals surface area contributed by atoms with Crippen molar-refractivity contribution >= 4 is 18.2 Å². The zero-order valence-corrected chi connectivity index (χ0v) is 41.5. The molecule has 0 spiro atoms. The van der Waals surface area contributed by atoms with Gasteiger partial charge < -0.3 is 13.3 Å². The van der Waals surface area contributed by atoms with Crippen LogP contribution in [0.15, 0.2) is 216 Å². The van der Waals surface area contributed by atoms with Gasteiger partial charge >= 0.3 is 0 Å². The van der Waals surface area contributed by atoms with Gasteiger partial charge in [0.05, 0.1) is 62.8 Å². The monoisotopic (exact) mass is 1020 g/mol. The predicted octanol–water partition coefficient (Wildman–Crippen LogP) is 10.2. The Balaban J connectivity index is 0.000000111. The zero-order valence-electron chi connectivity index (χ0n) is 41.5. The van der Waals surface area contributed by atoms with E-state index in [0.29, 0.717) is 30.9 Å². The number of rotatable bonds is 9. The van der Waals surface area contributed by atoms with Gasteiger partial charge in [0.15, 0.2) is 24.2 Å². The minimum Gasteiger partial charge on any atom is -0.451 e. The number of aromatic nitrogens is 15. The third-order valence-corrected chi connectivity index (χ3v) is 14.3. The first kappa shape index (κ1) is 47.1. The largest absolute Gasteiger partial charge is 0.451 e. The van der Waals surface area contributed by atoms with Crippen molar-refractivity contribution in [2.24, 2.45) is 0 Å². The SMILES string of the molecule is C1=CC(c2ccccn2)(c2ccccn2)Cc2[nH]nc(-c3cnco3)c21.C1=CC(c2ccccn2)(c2ccccn2)Cc2[nH]nc(-c3cocn3)c21.C1=CC(c2ccccn2)(c2ccccn2)Cc2[nH]nc(-c3ncco3)c21. The molecule has 18 nitrogen and oxygen atoms in total. The van der Waals surface area contributed by atoms with Crippen LogP contribution in [0.1, 0.15) is 67.9 Å². The summed E-state index contributed by atoms with van der Waals surface area (Å²) in [4.78, 5) is 40.2. The maximum Gasteiger partial charge on any atom is 0.247 e. The molecule has 18 heteroatoms. The van der Waals surface area contributed by atoms with Crippen molar-refractivity contribution in [1.82, 2.24) is 75.4 Å². The molecule has 378 valence electrons. The van der Waals surface area contributed by atoms with Gasteiger partial charge in [-0.3, -0.25) is 45.2 Å². The average molecular weight is 1020 g/mol. The Labute approximate surface area is 445 Å². The third kappa shape index (κ3) is 8.52. The second kappa shape index (κ2) is 20.2.